The van der Waals surface area contributed by atoms with Crippen molar-refractivity contribution in [2.75, 3.05) is 6.54 Å². The number of fused-ring (bicyclic) bond motifs is 1. The van der Waals surface area contributed by atoms with Gasteiger partial charge in [0.05, 0.1) is 0 Å². The van der Waals surface area contributed by atoms with Gasteiger partial charge in [-0.3, -0.25) is 9.59 Å². The second kappa shape index (κ2) is 7.84. The molecular formula is C22H22FN3O2. The summed E-state index contributed by atoms with van der Waals surface area (Å²) in [5, 5.41) is 3.92. The van der Waals surface area contributed by atoms with Crippen LogP contribution in [0.2, 0.25) is 0 Å². The van der Waals surface area contributed by atoms with E-state index in [1.807, 2.05) is 30.5 Å². The van der Waals surface area contributed by atoms with Crippen LogP contribution in [0.1, 0.15) is 24.0 Å². The van der Waals surface area contributed by atoms with E-state index in [0.717, 1.165) is 16.5 Å². The Bertz CT molecular complexity index is 1010. The predicted molar refractivity (Wildman–Crippen MR) is 105 cm³/mol. The molecule has 1 fully saturated rings. The number of carbonyl (C=O) groups excluding carboxylic acids is 2. The molecule has 3 aromatic rings. The lowest BCUT2D eigenvalue weighted by molar-refractivity contribution is -0.135. The molecule has 0 saturated carbocycles. The lowest BCUT2D eigenvalue weighted by Crippen LogP contribution is -2.44. The van der Waals surface area contributed by atoms with Crippen molar-refractivity contribution in [2.45, 2.75) is 31.8 Å². The molecule has 1 aromatic heterocycles. The lowest BCUT2D eigenvalue weighted by atomic mass is 10.1. The molecule has 2 heterocycles. The highest BCUT2D eigenvalue weighted by molar-refractivity contribution is 5.91. The Kier molecular flexibility index (Phi) is 5.10. The number of aromatic nitrogens is 1. The van der Waals surface area contributed by atoms with Gasteiger partial charge in [0, 0.05) is 36.6 Å². The van der Waals surface area contributed by atoms with Gasteiger partial charge in [-0.15, -0.1) is 0 Å². The van der Waals surface area contributed by atoms with Crippen LogP contribution in [0.5, 0.6) is 0 Å². The third-order valence-corrected chi connectivity index (χ3v) is 5.30. The van der Waals surface area contributed by atoms with Gasteiger partial charge >= 0.3 is 0 Å². The third-order valence-electron chi connectivity index (χ3n) is 5.30. The summed E-state index contributed by atoms with van der Waals surface area (Å²) in [6.45, 7) is 0.736. The summed E-state index contributed by atoms with van der Waals surface area (Å²) in [7, 11) is 0. The molecule has 0 bridgehead atoms. The van der Waals surface area contributed by atoms with Crippen LogP contribution in [-0.4, -0.2) is 34.3 Å². The van der Waals surface area contributed by atoms with Crippen molar-refractivity contribution in [2.24, 2.45) is 0 Å². The monoisotopic (exact) mass is 379 g/mol. The van der Waals surface area contributed by atoms with Crippen molar-refractivity contribution >= 4 is 22.7 Å². The number of nitrogens with one attached hydrogen (secondary N) is 2. The second-order valence-corrected chi connectivity index (χ2v) is 7.07. The molecule has 1 aliphatic heterocycles. The van der Waals surface area contributed by atoms with Gasteiger partial charge in [-0.05, 0) is 36.1 Å². The zero-order valence-electron chi connectivity index (χ0n) is 15.5. The van der Waals surface area contributed by atoms with Gasteiger partial charge < -0.3 is 15.2 Å². The van der Waals surface area contributed by atoms with Gasteiger partial charge in [-0.1, -0.05) is 36.4 Å². The number of likely N-dealkylation sites (tertiary alicyclic amines) is 1. The van der Waals surface area contributed by atoms with Crippen molar-refractivity contribution < 1.29 is 14.0 Å². The summed E-state index contributed by atoms with van der Waals surface area (Å²) in [6, 6.07) is 14.0. The number of amides is 2. The second-order valence-electron chi connectivity index (χ2n) is 7.07. The average Bonchev–Trinajstić information content (AvgIpc) is 3.28. The van der Waals surface area contributed by atoms with E-state index in [2.05, 4.69) is 10.3 Å². The minimum atomic E-state index is -0.484. The van der Waals surface area contributed by atoms with E-state index in [1.54, 1.807) is 23.1 Å². The molecule has 6 heteroatoms. The molecule has 0 radical (unpaired) electrons. The number of H-pyrrole nitrogens is 1. The van der Waals surface area contributed by atoms with E-state index >= 15 is 0 Å². The lowest BCUT2D eigenvalue weighted by Gasteiger charge is -2.24. The van der Waals surface area contributed by atoms with Crippen molar-refractivity contribution in [1.29, 1.82) is 0 Å². The number of rotatable bonds is 6. The number of carbonyl (C=O) groups is 2. The SMILES string of the molecule is O=C(NCCc1ccccc1F)[C@@H]1CCC(=O)N1Cc1c[nH]c2ccccc12. The molecule has 0 unspecified atom stereocenters. The zero-order chi connectivity index (χ0) is 19.5. The van der Waals surface area contributed by atoms with Crippen LogP contribution in [0, 0.1) is 5.82 Å². The van der Waals surface area contributed by atoms with Crippen LogP contribution < -0.4 is 5.32 Å². The fourth-order valence-electron chi connectivity index (χ4n) is 3.79. The normalized spacial score (nSPS) is 16.7. The third kappa shape index (κ3) is 3.63. The molecule has 2 N–H and O–H groups in total. The van der Waals surface area contributed by atoms with Gasteiger partial charge in [-0.25, -0.2) is 4.39 Å². The summed E-state index contributed by atoms with van der Waals surface area (Å²) >= 11 is 0. The van der Waals surface area contributed by atoms with E-state index in [0.29, 0.717) is 37.9 Å². The molecular weight excluding hydrogens is 357 g/mol. The topological polar surface area (TPSA) is 65.2 Å². The van der Waals surface area contributed by atoms with Crippen molar-refractivity contribution in [3.63, 3.8) is 0 Å². The van der Waals surface area contributed by atoms with Crippen molar-refractivity contribution in [1.82, 2.24) is 15.2 Å². The zero-order valence-corrected chi connectivity index (χ0v) is 15.5. The highest BCUT2D eigenvalue weighted by Gasteiger charge is 2.36. The van der Waals surface area contributed by atoms with Crippen LogP contribution in [0.15, 0.2) is 54.7 Å². The molecule has 144 valence electrons. The van der Waals surface area contributed by atoms with Crippen LogP contribution >= 0.6 is 0 Å². The molecule has 1 saturated heterocycles. The minimum absolute atomic E-state index is 0.0143. The fourth-order valence-corrected chi connectivity index (χ4v) is 3.79. The summed E-state index contributed by atoms with van der Waals surface area (Å²) in [4.78, 5) is 29.9. The first-order valence-electron chi connectivity index (χ1n) is 9.49. The Morgan fingerprint density at radius 3 is 2.79 bits per heavy atom. The summed E-state index contributed by atoms with van der Waals surface area (Å²) in [5.74, 6) is -0.463. The highest BCUT2D eigenvalue weighted by atomic mass is 19.1. The summed E-state index contributed by atoms with van der Waals surface area (Å²) < 4.78 is 13.7. The van der Waals surface area contributed by atoms with Crippen LogP contribution in [0.3, 0.4) is 0 Å². The standard InChI is InChI=1S/C22H22FN3O2/c23-18-7-3-1-5-15(18)11-12-24-22(28)20-9-10-21(27)26(20)14-16-13-25-19-8-4-2-6-17(16)19/h1-8,13,20,25H,9-12,14H2,(H,24,28)/t20-/m0/s1. The van der Waals surface area contributed by atoms with Gasteiger partial charge in [0.25, 0.3) is 0 Å². The maximum Gasteiger partial charge on any atom is 0.242 e. The van der Waals surface area contributed by atoms with E-state index in [-0.39, 0.29) is 17.6 Å². The van der Waals surface area contributed by atoms with Crippen molar-refractivity contribution in [3.8, 4) is 0 Å². The molecule has 2 amide bonds. The molecule has 0 spiro atoms. The number of halogens is 1. The van der Waals surface area contributed by atoms with Crippen molar-refractivity contribution in [3.05, 3.63) is 71.7 Å². The largest absolute Gasteiger partial charge is 0.361 e. The predicted octanol–water partition coefficient (Wildman–Crippen LogP) is 3.16. The number of benzene rings is 2. The van der Waals surface area contributed by atoms with Crippen LogP contribution in [0.4, 0.5) is 4.39 Å². The van der Waals surface area contributed by atoms with Gasteiger partial charge in [0.1, 0.15) is 11.9 Å². The molecule has 2 aromatic carbocycles. The molecule has 28 heavy (non-hydrogen) atoms. The Morgan fingerprint density at radius 1 is 1.14 bits per heavy atom. The first-order chi connectivity index (χ1) is 13.6. The summed E-state index contributed by atoms with van der Waals surface area (Å²) in [6.07, 6.45) is 3.19. The number of hydrogen-bond acceptors (Lipinski definition) is 2. The Balaban J connectivity index is 1.41. The minimum Gasteiger partial charge on any atom is -0.361 e. The van der Waals surface area contributed by atoms with Gasteiger partial charge in [-0.2, -0.15) is 0 Å². The molecule has 5 nitrogen and oxygen atoms in total. The number of para-hydroxylation sites is 1. The van der Waals surface area contributed by atoms with E-state index in [1.165, 1.54) is 6.07 Å². The number of nitrogens with zero attached hydrogens (tertiary/aromatic N) is 1. The quantitative estimate of drug-likeness (QED) is 0.691. The van der Waals surface area contributed by atoms with Crippen LogP contribution in [0.25, 0.3) is 10.9 Å². The molecule has 1 aliphatic rings. The van der Waals surface area contributed by atoms with Crippen LogP contribution in [-0.2, 0) is 22.6 Å². The molecule has 1 atom stereocenters. The fraction of sp³-hybridized carbons (Fsp3) is 0.273. The Hall–Kier alpha value is -3.15. The Morgan fingerprint density at radius 2 is 1.93 bits per heavy atom. The number of hydrogen-bond donors (Lipinski definition) is 2. The molecule has 4 rings (SSSR count). The maximum atomic E-state index is 13.7. The van der Waals surface area contributed by atoms with E-state index < -0.39 is 6.04 Å². The molecule has 0 aliphatic carbocycles. The van der Waals surface area contributed by atoms with Gasteiger partial charge in [0.2, 0.25) is 11.8 Å². The maximum absolute atomic E-state index is 13.7. The first-order valence-corrected chi connectivity index (χ1v) is 9.49. The highest BCUT2D eigenvalue weighted by Crippen LogP contribution is 2.25. The van der Waals surface area contributed by atoms with E-state index in [4.69, 9.17) is 0 Å². The number of aromatic amines is 1. The first kappa shape index (κ1) is 18.2. The van der Waals surface area contributed by atoms with E-state index in [9.17, 15) is 14.0 Å². The summed E-state index contributed by atoms with van der Waals surface area (Å²) in [5.41, 5.74) is 2.57. The van der Waals surface area contributed by atoms with Gasteiger partial charge in [0.15, 0.2) is 0 Å². The average molecular weight is 379 g/mol. The Labute approximate surface area is 162 Å². The smallest absolute Gasteiger partial charge is 0.242 e.